The van der Waals surface area contributed by atoms with E-state index < -0.39 is 5.97 Å². The SMILES string of the molecule is COc1ccc(/C=C(\C#N)C(=O)OCCOc2ccccc2)cc1. The summed E-state index contributed by atoms with van der Waals surface area (Å²) in [6.45, 7) is 0.284. The lowest BCUT2D eigenvalue weighted by Gasteiger charge is -2.07. The van der Waals surface area contributed by atoms with E-state index >= 15 is 0 Å². The third-order valence-electron chi connectivity index (χ3n) is 3.10. The van der Waals surface area contributed by atoms with E-state index in [1.54, 1.807) is 31.4 Å². The van der Waals surface area contributed by atoms with Gasteiger partial charge in [0.05, 0.1) is 7.11 Å². The van der Waals surface area contributed by atoms with Gasteiger partial charge in [-0.25, -0.2) is 4.79 Å². The second kappa shape index (κ2) is 9.01. The van der Waals surface area contributed by atoms with Crippen LogP contribution in [0.4, 0.5) is 0 Å². The maximum Gasteiger partial charge on any atom is 0.349 e. The van der Waals surface area contributed by atoms with Gasteiger partial charge in [-0.3, -0.25) is 0 Å². The average Bonchev–Trinajstić information content (AvgIpc) is 2.64. The average molecular weight is 323 g/mol. The first-order valence-corrected chi connectivity index (χ1v) is 7.34. The number of carbonyl (C=O) groups is 1. The van der Waals surface area contributed by atoms with Crippen molar-refractivity contribution in [1.82, 2.24) is 0 Å². The van der Waals surface area contributed by atoms with Crippen LogP contribution in [0.3, 0.4) is 0 Å². The number of nitriles is 1. The second-order valence-corrected chi connectivity index (χ2v) is 4.74. The lowest BCUT2D eigenvalue weighted by atomic mass is 10.1. The Balaban J connectivity index is 1.86. The number of hydrogen-bond donors (Lipinski definition) is 0. The molecule has 0 atom stereocenters. The van der Waals surface area contributed by atoms with E-state index in [0.29, 0.717) is 17.1 Å². The largest absolute Gasteiger partial charge is 0.497 e. The maximum absolute atomic E-state index is 11.9. The van der Waals surface area contributed by atoms with Crippen molar-refractivity contribution in [1.29, 1.82) is 5.26 Å². The molecule has 5 nitrogen and oxygen atoms in total. The molecule has 0 aliphatic rings. The molecule has 0 aromatic heterocycles. The Morgan fingerprint density at radius 2 is 1.75 bits per heavy atom. The van der Waals surface area contributed by atoms with Crippen LogP contribution in [0.25, 0.3) is 6.08 Å². The molecular formula is C19H17NO4. The lowest BCUT2D eigenvalue weighted by Crippen LogP contribution is -2.13. The molecule has 122 valence electrons. The van der Waals surface area contributed by atoms with Crippen LogP contribution in [0.5, 0.6) is 11.5 Å². The Morgan fingerprint density at radius 3 is 2.38 bits per heavy atom. The monoisotopic (exact) mass is 323 g/mol. The number of nitrogens with zero attached hydrogens (tertiary/aromatic N) is 1. The summed E-state index contributed by atoms with van der Waals surface area (Å²) >= 11 is 0. The molecule has 0 unspecified atom stereocenters. The molecule has 0 radical (unpaired) electrons. The van der Waals surface area contributed by atoms with Crippen molar-refractivity contribution in [2.45, 2.75) is 0 Å². The highest BCUT2D eigenvalue weighted by Crippen LogP contribution is 2.14. The van der Waals surface area contributed by atoms with E-state index in [1.165, 1.54) is 6.08 Å². The topological polar surface area (TPSA) is 68.5 Å². The number of benzene rings is 2. The molecule has 2 rings (SSSR count). The lowest BCUT2D eigenvalue weighted by molar-refractivity contribution is -0.139. The molecule has 0 aliphatic heterocycles. The van der Waals surface area contributed by atoms with Crippen molar-refractivity contribution in [2.75, 3.05) is 20.3 Å². The highest BCUT2D eigenvalue weighted by Gasteiger charge is 2.10. The molecule has 0 N–H and O–H groups in total. The number of methoxy groups -OCH3 is 1. The minimum Gasteiger partial charge on any atom is -0.497 e. The highest BCUT2D eigenvalue weighted by atomic mass is 16.6. The van der Waals surface area contributed by atoms with Crippen molar-refractivity contribution in [2.24, 2.45) is 0 Å². The van der Waals surface area contributed by atoms with Crippen LogP contribution in [0, 0.1) is 11.3 Å². The van der Waals surface area contributed by atoms with Crippen LogP contribution in [-0.4, -0.2) is 26.3 Å². The van der Waals surface area contributed by atoms with E-state index in [2.05, 4.69) is 0 Å². The zero-order chi connectivity index (χ0) is 17.2. The molecule has 24 heavy (non-hydrogen) atoms. The number of hydrogen-bond acceptors (Lipinski definition) is 5. The van der Waals surface area contributed by atoms with Crippen molar-refractivity contribution in [3.05, 3.63) is 65.7 Å². The number of rotatable bonds is 7. The third-order valence-corrected chi connectivity index (χ3v) is 3.10. The van der Waals surface area contributed by atoms with Gasteiger partial charge < -0.3 is 14.2 Å². The summed E-state index contributed by atoms with van der Waals surface area (Å²) in [5.41, 5.74) is 0.643. The van der Waals surface area contributed by atoms with Gasteiger partial charge in [-0.05, 0) is 35.9 Å². The molecule has 0 amide bonds. The molecule has 0 saturated heterocycles. The normalized spacial score (nSPS) is 10.6. The number of carbonyl (C=O) groups excluding carboxylic acids is 1. The Morgan fingerprint density at radius 1 is 1.04 bits per heavy atom. The first-order chi connectivity index (χ1) is 11.7. The van der Waals surface area contributed by atoms with E-state index in [0.717, 1.165) is 0 Å². The highest BCUT2D eigenvalue weighted by molar-refractivity contribution is 5.97. The van der Waals surface area contributed by atoms with Crippen LogP contribution in [0.1, 0.15) is 5.56 Å². The Hall–Kier alpha value is -3.26. The Bertz CT molecular complexity index is 730. The standard InChI is InChI=1S/C19H17NO4/c1-22-17-9-7-15(8-10-17)13-16(14-20)19(21)24-12-11-23-18-5-3-2-4-6-18/h2-10,13H,11-12H2,1H3/b16-13+. The fourth-order valence-corrected chi connectivity index (χ4v) is 1.89. The molecule has 0 aliphatic carbocycles. The molecule has 0 fully saturated rings. The molecular weight excluding hydrogens is 306 g/mol. The summed E-state index contributed by atoms with van der Waals surface area (Å²) in [6.07, 6.45) is 1.47. The van der Waals surface area contributed by atoms with Crippen molar-refractivity contribution in [3.63, 3.8) is 0 Å². The zero-order valence-corrected chi connectivity index (χ0v) is 13.3. The van der Waals surface area contributed by atoms with Gasteiger partial charge in [-0.15, -0.1) is 0 Å². The summed E-state index contributed by atoms with van der Waals surface area (Å²) in [7, 11) is 1.57. The Labute approximate surface area is 140 Å². The van der Waals surface area contributed by atoms with E-state index in [1.807, 2.05) is 36.4 Å². The predicted octanol–water partition coefficient (Wildman–Crippen LogP) is 3.22. The van der Waals surface area contributed by atoms with Gasteiger partial charge in [-0.2, -0.15) is 5.26 Å². The van der Waals surface area contributed by atoms with E-state index in [4.69, 9.17) is 19.5 Å². The summed E-state index contributed by atoms with van der Waals surface area (Å²) < 4.78 is 15.5. The molecule has 0 spiro atoms. The summed E-state index contributed by atoms with van der Waals surface area (Å²) in [6, 6.07) is 18.1. The van der Waals surface area contributed by atoms with Gasteiger partial charge in [0.25, 0.3) is 0 Å². The first-order valence-electron chi connectivity index (χ1n) is 7.34. The molecule has 0 heterocycles. The second-order valence-electron chi connectivity index (χ2n) is 4.74. The fourth-order valence-electron chi connectivity index (χ4n) is 1.89. The van der Waals surface area contributed by atoms with Gasteiger partial charge in [0, 0.05) is 0 Å². The van der Waals surface area contributed by atoms with Crippen LogP contribution in [0.2, 0.25) is 0 Å². The van der Waals surface area contributed by atoms with Gasteiger partial charge in [0.15, 0.2) is 0 Å². The molecule has 2 aromatic rings. The van der Waals surface area contributed by atoms with Crippen LogP contribution < -0.4 is 9.47 Å². The summed E-state index contributed by atoms with van der Waals surface area (Å²) in [5, 5.41) is 9.12. The molecule has 5 heteroatoms. The molecule has 2 aromatic carbocycles. The molecule has 0 saturated carbocycles. The van der Waals surface area contributed by atoms with Crippen molar-refractivity contribution < 1.29 is 19.0 Å². The van der Waals surface area contributed by atoms with Crippen LogP contribution in [0.15, 0.2) is 60.2 Å². The minimum absolute atomic E-state index is 0.0648. The van der Waals surface area contributed by atoms with Crippen LogP contribution in [-0.2, 0) is 9.53 Å². The number of ether oxygens (including phenoxy) is 3. The van der Waals surface area contributed by atoms with Crippen molar-refractivity contribution in [3.8, 4) is 17.6 Å². The van der Waals surface area contributed by atoms with Crippen LogP contribution >= 0.6 is 0 Å². The smallest absolute Gasteiger partial charge is 0.349 e. The summed E-state index contributed by atoms with van der Waals surface area (Å²) in [4.78, 5) is 11.9. The van der Waals surface area contributed by atoms with Gasteiger partial charge in [0.1, 0.15) is 36.4 Å². The van der Waals surface area contributed by atoms with Gasteiger partial charge in [0.2, 0.25) is 0 Å². The fraction of sp³-hybridized carbons (Fsp3) is 0.158. The maximum atomic E-state index is 11.9. The van der Waals surface area contributed by atoms with Gasteiger partial charge >= 0.3 is 5.97 Å². The number of esters is 1. The molecule has 0 bridgehead atoms. The Kier molecular flexibility index (Phi) is 6.42. The van der Waals surface area contributed by atoms with Crippen molar-refractivity contribution >= 4 is 12.0 Å². The first kappa shape index (κ1) is 17.1. The zero-order valence-electron chi connectivity index (χ0n) is 13.3. The summed E-state index contributed by atoms with van der Waals surface area (Å²) in [5.74, 6) is 0.721. The predicted molar refractivity (Wildman–Crippen MR) is 89.5 cm³/mol. The third kappa shape index (κ3) is 5.18. The van der Waals surface area contributed by atoms with E-state index in [9.17, 15) is 4.79 Å². The quantitative estimate of drug-likeness (QED) is 0.339. The number of para-hydroxylation sites is 1. The minimum atomic E-state index is -0.676. The van der Waals surface area contributed by atoms with E-state index in [-0.39, 0.29) is 18.8 Å². The van der Waals surface area contributed by atoms with Gasteiger partial charge in [-0.1, -0.05) is 30.3 Å².